The van der Waals surface area contributed by atoms with Crippen LogP contribution in [0, 0.1) is 5.41 Å². The molecule has 1 aromatic heterocycles. The molecule has 1 heterocycles. The van der Waals surface area contributed by atoms with Gasteiger partial charge < -0.3 is 0 Å². The van der Waals surface area contributed by atoms with Crippen molar-refractivity contribution in [1.29, 1.82) is 0 Å². The fourth-order valence-electron chi connectivity index (χ4n) is 3.71. The number of hydrogen-bond donors (Lipinski definition) is 2. The summed E-state index contributed by atoms with van der Waals surface area (Å²) in [5.41, 5.74) is 5.47. The molecule has 20 heavy (non-hydrogen) atoms. The van der Waals surface area contributed by atoms with Gasteiger partial charge in [-0.25, -0.2) is 0 Å². The standard InChI is InChI=1S/C15H27ClN4/c1-4-11-14(16)12(20(3)19-11)10-13(18-17)15(5-2)8-6-7-9-15/h13,18H,4-10,17H2,1-3H3. The molecular weight excluding hydrogens is 272 g/mol. The summed E-state index contributed by atoms with van der Waals surface area (Å²) >= 11 is 6.47. The zero-order valence-electron chi connectivity index (χ0n) is 12.9. The van der Waals surface area contributed by atoms with Crippen molar-refractivity contribution in [3.8, 4) is 0 Å². The molecule has 1 aromatic rings. The van der Waals surface area contributed by atoms with Crippen LogP contribution in [-0.4, -0.2) is 15.8 Å². The maximum atomic E-state index is 6.47. The monoisotopic (exact) mass is 298 g/mol. The lowest BCUT2D eigenvalue weighted by Crippen LogP contribution is -2.48. The van der Waals surface area contributed by atoms with Gasteiger partial charge >= 0.3 is 0 Å². The van der Waals surface area contributed by atoms with Gasteiger partial charge in [0.1, 0.15) is 0 Å². The zero-order valence-corrected chi connectivity index (χ0v) is 13.6. The molecule has 1 aliphatic rings. The highest BCUT2D eigenvalue weighted by atomic mass is 35.5. The normalized spacial score (nSPS) is 19.4. The molecule has 0 radical (unpaired) electrons. The Balaban J connectivity index is 2.24. The summed E-state index contributed by atoms with van der Waals surface area (Å²) in [6.07, 6.45) is 8.02. The van der Waals surface area contributed by atoms with Crippen LogP contribution in [-0.2, 0) is 19.9 Å². The molecule has 5 heteroatoms. The minimum atomic E-state index is 0.271. The summed E-state index contributed by atoms with van der Waals surface area (Å²) in [5.74, 6) is 5.88. The van der Waals surface area contributed by atoms with E-state index < -0.39 is 0 Å². The number of aryl methyl sites for hydroxylation is 2. The van der Waals surface area contributed by atoms with E-state index in [0.717, 1.165) is 35.7 Å². The fraction of sp³-hybridized carbons (Fsp3) is 0.800. The molecule has 0 amide bonds. The first-order valence-corrected chi connectivity index (χ1v) is 8.12. The molecule has 1 fully saturated rings. The maximum Gasteiger partial charge on any atom is 0.0850 e. The third kappa shape index (κ3) is 2.74. The predicted octanol–water partition coefficient (Wildman–Crippen LogP) is 2.98. The summed E-state index contributed by atoms with van der Waals surface area (Å²) in [5, 5.41) is 5.33. The Morgan fingerprint density at radius 3 is 2.50 bits per heavy atom. The van der Waals surface area contributed by atoms with Crippen LogP contribution >= 0.6 is 11.6 Å². The van der Waals surface area contributed by atoms with Crippen molar-refractivity contribution in [3.05, 3.63) is 16.4 Å². The molecule has 4 nitrogen and oxygen atoms in total. The number of hydrazine groups is 1. The Labute approximate surface area is 127 Å². The SMILES string of the molecule is CCc1nn(C)c(CC(NN)C2(CC)CCCC2)c1Cl. The van der Waals surface area contributed by atoms with Gasteiger partial charge in [-0.15, -0.1) is 0 Å². The molecule has 3 N–H and O–H groups in total. The number of rotatable bonds is 6. The van der Waals surface area contributed by atoms with Crippen molar-refractivity contribution in [2.24, 2.45) is 18.3 Å². The summed E-state index contributed by atoms with van der Waals surface area (Å²) in [7, 11) is 1.97. The van der Waals surface area contributed by atoms with Gasteiger partial charge in [0, 0.05) is 19.5 Å². The number of hydrogen-bond acceptors (Lipinski definition) is 3. The van der Waals surface area contributed by atoms with Crippen molar-refractivity contribution in [1.82, 2.24) is 15.2 Å². The van der Waals surface area contributed by atoms with E-state index >= 15 is 0 Å². The molecule has 0 saturated heterocycles. The second-order valence-electron chi connectivity index (χ2n) is 6.03. The number of nitrogens with two attached hydrogens (primary N) is 1. The Bertz CT molecular complexity index is 449. The molecule has 1 unspecified atom stereocenters. The van der Waals surface area contributed by atoms with Gasteiger partial charge in [-0.05, 0) is 31.1 Å². The molecule has 1 saturated carbocycles. The lowest BCUT2D eigenvalue weighted by molar-refractivity contribution is 0.183. The van der Waals surface area contributed by atoms with Gasteiger partial charge in [-0.2, -0.15) is 5.10 Å². The quantitative estimate of drug-likeness (QED) is 0.627. The van der Waals surface area contributed by atoms with Crippen LogP contribution in [0.3, 0.4) is 0 Å². The zero-order chi connectivity index (χ0) is 14.8. The van der Waals surface area contributed by atoms with E-state index in [-0.39, 0.29) is 6.04 Å². The number of nitrogens with zero attached hydrogens (tertiary/aromatic N) is 2. The summed E-state index contributed by atoms with van der Waals surface area (Å²) < 4.78 is 1.92. The Hall–Kier alpha value is -0.580. The van der Waals surface area contributed by atoms with Crippen LogP contribution in [0.25, 0.3) is 0 Å². The molecule has 0 bridgehead atoms. The number of aromatic nitrogens is 2. The Morgan fingerprint density at radius 2 is 2.05 bits per heavy atom. The van der Waals surface area contributed by atoms with Crippen LogP contribution in [0.5, 0.6) is 0 Å². The van der Waals surface area contributed by atoms with Crippen molar-refractivity contribution >= 4 is 11.6 Å². The highest BCUT2D eigenvalue weighted by Crippen LogP contribution is 2.45. The van der Waals surface area contributed by atoms with Gasteiger partial charge in [0.15, 0.2) is 0 Å². The van der Waals surface area contributed by atoms with Gasteiger partial charge in [0.2, 0.25) is 0 Å². The minimum Gasteiger partial charge on any atom is -0.271 e. The average molecular weight is 299 g/mol. The summed E-state index contributed by atoms with van der Waals surface area (Å²) in [6.45, 7) is 4.36. The van der Waals surface area contributed by atoms with Gasteiger partial charge in [-0.1, -0.05) is 38.3 Å². The van der Waals surface area contributed by atoms with Crippen LogP contribution < -0.4 is 11.3 Å². The van der Waals surface area contributed by atoms with E-state index in [1.165, 1.54) is 25.7 Å². The predicted molar refractivity (Wildman–Crippen MR) is 83.6 cm³/mol. The van der Waals surface area contributed by atoms with Gasteiger partial charge in [0.25, 0.3) is 0 Å². The van der Waals surface area contributed by atoms with E-state index in [4.69, 9.17) is 17.4 Å². The summed E-state index contributed by atoms with van der Waals surface area (Å²) in [4.78, 5) is 0. The Kier molecular flexibility index (Phi) is 5.10. The largest absolute Gasteiger partial charge is 0.271 e. The van der Waals surface area contributed by atoms with Crippen LogP contribution in [0.1, 0.15) is 57.3 Å². The summed E-state index contributed by atoms with van der Waals surface area (Å²) in [6, 6.07) is 0.271. The maximum absolute atomic E-state index is 6.47. The van der Waals surface area contributed by atoms with Crippen molar-refractivity contribution in [2.75, 3.05) is 0 Å². The topological polar surface area (TPSA) is 55.9 Å². The molecule has 0 spiro atoms. The molecule has 2 rings (SSSR count). The van der Waals surface area contributed by atoms with Crippen molar-refractivity contribution in [2.45, 2.75) is 64.8 Å². The van der Waals surface area contributed by atoms with Crippen molar-refractivity contribution in [3.63, 3.8) is 0 Å². The van der Waals surface area contributed by atoms with Crippen molar-refractivity contribution < 1.29 is 0 Å². The molecule has 1 atom stereocenters. The van der Waals surface area contributed by atoms with E-state index in [1.54, 1.807) is 0 Å². The lowest BCUT2D eigenvalue weighted by atomic mass is 9.74. The second-order valence-corrected chi connectivity index (χ2v) is 6.41. The van der Waals surface area contributed by atoms with E-state index in [9.17, 15) is 0 Å². The first kappa shape index (κ1) is 15.8. The molecular formula is C15H27ClN4. The minimum absolute atomic E-state index is 0.271. The highest BCUT2D eigenvalue weighted by molar-refractivity contribution is 6.31. The number of nitrogens with one attached hydrogen (secondary N) is 1. The first-order valence-electron chi connectivity index (χ1n) is 7.74. The van der Waals surface area contributed by atoms with E-state index in [0.29, 0.717) is 5.41 Å². The molecule has 0 aromatic carbocycles. The van der Waals surface area contributed by atoms with E-state index in [2.05, 4.69) is 24.4 Å². The first-order chi connectivity index (χ1) is 9.57. The van der Waals surface area contributed by atoms with Gasteiger partial charge in [-0.3, -0.25) is 16.0 Å². The second kappa shape index (κ2) is 6.46. The third-order valence-electron chi connectivity index (χ3n) is 5.14. The molecule has 1 aliphatic carbocycles. The molecule has 114 valence electrons. The Morgan fingerprint density at radius 1 is 1.40 bits per heavy atom. The number of halogens is 1. The third-order valence-corrected chi connectivity index (χ3v) is 5.58. The average Bonchev–Trinajstić information content (AvgIpc) is 3.03. The highest BCUT2D eigenvalue weighted by Gasteiger charge is 2.40. The molecule has 0 aliphatic heterocycles. The lowest BCUT2D eigenvalue weighted by Gasteiger charge is -2.36. The van der Waals surface area contributed by atoms with E-state index in [1.807, 2.05) is 11.7 Å². The smallest absolute Gasteiger partial charge is 0.0850 e. The van der Waals surface area contributed by atoms with Gasteiger partial charge in [0.05, 0.1) is 16.4 Å². The van der Waals surface area contributed by atoms with Crippen LogP contribution in [0.15, 0.2) is 0 Å². The van der Waals surface area contributed by atoms with Crippen LogP contribution in [0.4, 0.5) is 0 Å². The fourth-order valence-corrected chi connectivity index (χ4v) is 4.09. The van der Waals surface area contributed by atoms with Crippen LogP contribution in [0.2, 0.25) is 5.02 Å².